The van der Waals surface area contributed by atoms with Crippen LogP contribution in [0, 0.1) is 5.92 Å². The Morgan fingerprint density at radius 1 is 1.44 bits per heavy atom. The monoisotopic (exact) mass is 246 g/mol. The fraction of sp³-hybridized carbons (Fsp3) is 0.818. The molecule has 0 aromatic carbocycles. The van der Waals surface area contributed by atoms with E-state index in [1.807, 2.05) is 6.92 Å². The topological polar surface area (TPSA) is 66.6 Å². The first-order valence-corrected chi connectivity index (χ1v) is 6.10. The Hall–Kier alpha value is -0.680. The first-order chi connectivity index (χ1) is 7.54. The molecule has 0 rings (SSSR count). The summed E-state index contributed by atoms with van der Waals surface area (Å²) in [6, 6.07) is 0. The fourth-order valence-electron chi connectivity index (χ4n) is 1.51. The maximum atomic E-state index is 11.9. The molecule has 0 fully saturated rings. The number of carbonyl (C=O) groups excluding carboxylic acids is 1. The van der Waals surface area contributed by atoms with E-state index in [1.165, 1.54) is 0 Å². The fourth-order valence-corrected chi connectivity index (χ4v) is 1.78. The molecule has 0 bridgehead atoms. The number of amides is 1. The molecule has 0 aliphatic heterocycles. The van der Waals surface area contributed by atoms with Crippen molar-refractivity contribution < 1.29 is 9.90 Å². The van der Waals surface area contributed by atoms with Gasteiger partial charge in [-0.3, -0.25) is 4.79 Å². The van der Waals surface area contributed by atoms with Crippen LogP contribution >= 0.6 is 12.2 Å². The van der Waals surface area contributed by atoms with E-state index in [9.17, 15) is 4.79 Å². The van der Waals surface area contributed by atoms with Crippen molar-refractivity contribution in [2.24, 2.45) is 11.7 Å². The number of thiocarbonyl (C=S) groups is 1. The molecule has 1 atom stereocenters. The molecular formula is C11H22N2O2S. The van der Waals surface area contributed by atoms with Crippen LogP contribution in [0.2, 0.25) is 0 Å². The van der Waals surface area contributed by atoms with Crippen molar-refractivity contribution in [1.29, 1.82) is 0 Å². The second-order valence-corrected chi connectivity index (χ2v) is 4.38. The van der Waals surface area contributed by atoms with Crippen LogP contribution in [0.25, 0.3) is 0 Å². The molecule has 0 radical (unpaired) electrons. The maximum absolute atomic E-state index is 11.9. The van der Waals surface area contributed by atoms with Crippen molar-refractivity contribution in [3.63, 3.8) is 0 Å². The summed E-state index contributed by atoms with van der Waals surface area (Å²) in [5, 5.41) is 8.63. The van der Waals surface area contributed by atoms with Crippen LogP contribution in [0.5, 0.6) is 0 Å². The first-order valence-electron chi connectivity index (χ1n) is 5.69. The van der Waals surface area contributed by atoms with Crippen molar-refractivity contribution in [3.8, 4) is 0 Å². The minimum atomic E-state index is -0.335. The van der Waals surface area contributed by atoms with Crippen molar-refractivity contribution in [2.45, 2.75) is 32.6 Å². The van der Waals surface area contributed by atoms with Gasteiger partial charge in [0, 0.05) is 20.2 Å². The molecule has 16 heavy (non-hydrogen) atoms. The Kier molecular flexibility index (Phi) is 8.11. The maximum Gasteiger partial charge on any atom is 0.232 e. The van der Waals surface area contributed by atoms with Gasteiger partial charge in [0.25, 0.3) is 0 Å². The molecule has 5 heteroatoms. The Labute approximate surface area is 103 Å². The molecule has 4 nitrogen and oxygen atoms in total. The van der Waals surface area contributed by atoms with E-state index in [0.29, 0.717) is 13.0 Å². The Morgan fingerprint density at radius 3 is 2.50 bits per heavy atom. The van der Waals surface area contributed by atoms with Crippen molar-refractivity contribution in [2.75, 3.05) is 20.2 Å². The summed E-state index contributed by atoms with van der Waals surface area (Å²) in [6.45, 7) is 2.81. The number of hydrogen-bond acceptors (Lipinski definition) is 3. The third kappa shape index (κ3) is 5.42. The van der Waals surface area contributed by atoms with Gasteiger partial charge in [-0.25, -0.2) is 0 Å². The van der Waals surface area contributed by atoms with Crippen LogP contribution in [0.4, 0.5) is 0 Å². The predicted molar refractivity (Wildman–Crippen MR) is 69.1 cm³/mol. The van der Waals surface area contributed by atoms with Gasteiger partial charge < -0.3 is 15.7 Å². The van der Waals surface area contributed by atoms with E-state index in [1.54, 1.807) is 11.9 Å². The molecule has 0 saturated heterocycles. The Morgan fingerprint density at radius 2 is 2.06 bits per heavy atom. The summed E-state index contributed by atoms with van der Waals surface area (Å²) in [6.07, 6.45) is 3.26. The zero-order valence-corrected chi connectivity index (χ0v) is 10.9. The molecule has 0 aromatic heterocycles. The third-order valence-corrected chi connectivity index (χ3v) is 2.86. The minimum absolute atomic E-state index is 0.000927. The number of unbranched alkanes of at least 4 members (excludes halogenated alkanes) is 2. The quantitative estimate of drug-likeness (QED) is 0.494. The lowest BCUT2D eigenvalue weighted by atomic mass is 10.1. The van der Waals surface area contributed by atoms with Gasteiger partial charge in [0.1, 0.15) is 0 Å². The SMILES string of the molecule is CCC(C(=O)N(C)CCCCCO)C(N)=S. The van der Waals surface area contributed by atoms with E-state index >= 15 is 0 Å². The smallest absolute Gasteiger partial charge is 0.232 e. The number of nitrogens with zero attached hydrogens (tertiary/aromatic N) is 1. The highest BCUT2D eigenvalue weighted by atomic mass is 32.1. The lowest BCUT2D eigenvalue weighted by molar-refractivity contribution is -0.132. The summed E-state index contributed by atoms with van der Waals surface area (Å²) in [5.74, 6) is -0.336. The van der Waals surface area contributed by atoms with Crippen LogP contribution in [0.3, 0.4) is 0 Å². The summed E-state index contributed by atoms with van der Waals surface area (Å²) in [5.41, 5.74) is 5.51. The van der Waals surface area contributed by atoms with Crippen molar-refractivity contribution in [1.82, 2.24) is 4.90 Å². The average Bonchev–Trinajstić information content (AvgIpc) is 2.24. The van der Waals surface area contributed by atoms with Gasteiger partial charge in [-0.2, -0.15) is 0 Å². The largest absolute Gasteiger partial charge is 0.396 e. The molecule has 0 aliphatic rings. The van der Waals surface area contributed by atoms with Crippen LogP contribution in [-0.2, 0) is 4.79 Å². The van der Waals surface area contributed by atoms with Gasteiger partial charge in [-0.1, -0.05) is 19.1 Å². The lowest BCUT2D eigenvalue weighted by Gasteiger charge is -2.22. The van der Waals surface area contributed by atoms with Crippen LogP contribution in [-0.4, -0.2) is 41.1 Å². The number of rotatable bonds is 8. The third-order valence-electron chi connectivity index (χ3n) is 2.58. The average molecular weight is 246 g/mol. The summed E-state index contributed by atoms with van der Waals surface area (Å²) in [7, 11) is 1.77. The molecule has 0 aliphatic carbocycles. The second-order valence-electron chi connectivity index (χ2n) is 3.91. The van der Waals surface area contributed by atoms with Gasteiger partial charge in [-0.05, 0) is 25.7 Å². The summed E-state index contributed by atoms with van der Waals surface area (Å²) < 4.78 is 0. The number of aliphatic hydroxyl groups excluding tert-OH is 1. The highest BCUT2D eigenvalue weighted by Gasteiger charge is 2.22. The molecular weight excluding hydrogens is 224 g/mol. The zero-order chi connectivity index (χ0) is 12.6. The van der Waals surface area contributed by atoms with Gasteiger partial charge in [-0.15, -0.1) is 0 Å². The molecule has 0 spiro atoms. The minimum Gasteiger partial charge on any atom is -0.396 e. The Bertz CT molecular complexity index is 234. The standard InChI is InChI=1S/C11H22N2O2S/c1-3-9(10(12)16)11(15)13(2)7-5-4-6-8-14/h9,14H,3-8H2,1-2H3,(H2,12,16). The number of carbonyl (C=O) groups is 1. The first kappa shape index (κ1) is 15.3. The van der Waals surface area contributed by atoms with Crippen LogP contribution in [0.15, 0.2) is 0 Å². The summed E-state index contributed by atoms with van der Waals surface area (Å²) in [4.78, 5) is 13.8. The van der Waals surface area contributed by atoms with Crippen molar-refractivity contribution >= 4 is 23.1 Å². The number of nitrogens with two attached hydrogens (primary N) is 1. The van der Waals surface area contributed by atoms with Gasteiger partial charge in [0.2, 0.25) is 5.91 Å². The van der Waals surface area contributed by atoms with E-state index in [2.05, 4.69) is 0 Å². The normalized spacial score (nSPS) is 12.2. The van der Waals surface area contributed by atoms with E-state index in [-0.39, 0.29) is 23.4 Å². The zero-order valence-electron chi connectivity index (χ0n) is 10.1. The summed E-state index contributed by atoms with van der Waals surface area (Å²) >= 11 is 4.86. The molecule has 3 N–H and O–H groups in total. The van der Waals surface area contributed by atoms with Crippen LogP contribution < -0.4 is 5.73 Å². The predicted octanol–water partition coefficient (Wildman–Crippen LogP) is 0.920. The van der Waals surface area contributed by atoms with E-state index in [0.717, 1.165) is 19.3 Å². The van der Waals surface area contributed by atoms with Crippen LogP contribution in [0.1, 0.15) is 32.6 Å². The Balaban J connectivity index is 4.01. The van der Waals surface area contributed by atoms with E-state index < -0.39 is 0 Å². The van der Waals surface area contributed by atoms with E-state index in [4.69, 9.17) is 23.1 Å². The number of hydrogen-bond donors (Lipinski definition) is 2. The van der Waals surface area contributed by atoms with Crippen molar-refractivity contribution in [3.05, 3.63) is 0 Å². The molecule has 0 aromatic rings. The molecule has 1 unspecified atom stereocenters. The molecule has 0 saturated carbocycles. The van der Waals surface area contributed by atoms with Gasteiger partial charge in [0.15, 0.2) is 0 Å². The molecule has 1 amide bonds. The number of aliphatic hydroxyl groups is 1. The molecule has 94 valence electrons. The second kappa shape index (κ2) is 8.47. The van der Waals surface area contributed by atoms with Gasteiger partial charge >= 0.3 is 0 Å². The highest BCUT2D eigenvalue weighted by Crippen LogP contribution is 2.08. The lowest BCUT2D eigenvalue weighted by Crippen LogP contribution is -2.39. The highest BCUT2D eigenvalue weighted by molar-refractivity contribution is 7.80. The van der Waals surface area contributed by atoms with Gasteiger partial charge in [0.05, 0.1) is 10.9 Å². The molecule has 0 heterocycles.